The molecule has 2 aromatic carbocycles. The predicted octanol–water partition coefficient (Wildman–Crippen LogP) is 5.42. The second-order valence-electron chi connectivity index (χ2n) is 9.32. The number of carboxylic acid groups (broad SMARTS) is 1. The van der Waals surface area contributed by atoms with Crippen LogP contribution in [0.4, 0.5) is 4.39 Å². The van der Waals surface area contributed by atoms with Crippen molar-refractivity contribution in [3.05, 3.63) is 59.7 Å². The molecule has 1 aliphatic rings. The number of nitrogens with zero attached hydrogens (tertiary/aromatic N) is 3. The highest BCUT2D eigenvalue weighted by atomic mass is 19.1. The van der Waals surface area contributed by atoms with Gasteiger partial charge < -0.3 is 9.67 Å². The second kappa shape index (κ2) is 7.20. The van der Waals surface area contributed by atoms with E-state index in [0.29, 0.717) is 19.3 Å². The normalized spacial score (nSPS) is 18.6. The zero-order chi connectivity index (χ0) is 22.6. The van der Waals surface area contributed by atoms with Gasteiger partial charge in [-0.15, -0.1) is 0 Å². The molecule has 7 heteroatoms. The zero-order valence-electron chi connectivity index (χ0n) is 17.9. The molecular weight excluding hydrogens is 407 g/mol. The first-order chi connectivity index (χ1) is 15.3. The van der Waals surface area contributed by atoms with Crippen LogP contribution in [0.15, 0.2) is 42.6 Å². The van der Waals surface area contributed by atoms with Crippen LogP contribution in [0.25, 0.3) is 27.5 Å². The summed E-state index contributed by atoms with van der Waals surface area (Å²) >= 11 is 0. The first-order valence-corrected chi connectivity index (χ1v) is 10.7. The van der Waals surface area contributed by atoms with Crippen LogP contribution in [0.1, 0.15) is 50.3 Å². The highest BCUT2D eigenvalue weighted by Gasteiger charge is 2.41. The monoisotopic (exact) mass is 430 g/mol. The molecule has 0 amide bonds. The van der Waals surface area contributed by atoms with Crippen molar-refractivity contribution in [1.82, 2.24) is 14.8 Å². The zero-order valence-corrected chi connectivity index (χ0v) is 17.9. The summed E-state index contributed by atoms with van der Waals surface area (Å²) in [5, 5.41) is 28.2. The van der Waals surface area contributed by atoms with Crippen molar-refractivity contribution in [2.24, 2.45) is 5.92 Å². The lowest BCUT2D eigenvalue weighted by atomic mass is 9.68. The molecule has 32 heavy (non-hydrogen) atoms. The van der Waals surface area contributed by atoms with Gasteiger partial charge >= 0.3 is 5.97 Å². The lowest BCUT2D eigenvalue weighted by Crippen LogP contribution is -2.31. The van der Waals surface area contributed by atoms with Gasteiger partial charge in [-0.3, -0.25) is 9.89 Å². The number of nitriles is 1. The Balaban J connectivity index is 1.86. The molecule has 162 valence electrons. The topological polar surface area (TPSA) is 94.7 Å². The lowest BCUT2D eigenvalue weighted by molar-refractivity contribution is -0.145. The fraction of sp³-hybridized carbons (Fsp3) is 0.320. The fourth-order valence-corrected chi connectivity index (χ4v) is 5.02. The number of hydrogen-bond acceptors (Lipinski definition) is 3. The Hall–Kier alpha value is -3.66. The number of carbonyl (C=O) groups is 1. The standard InChI is InChI=1S/C25H23FN4O2/c1-25(2,7-8-27)23-22(14-9-15(10-14)24(31)32)19-12-20-16(13-28-29-20)11-21(19)30(23)18-5-3-17(26)4-6-18/h3-6,11-15H,7,9-10H2,1-2H3,(H,28,29)(H,31,32). The van der Waals surface area contributed by atoms with E-state index in [0.717, 1.165) is 38.8 Å². The van der Waals surface area contributed by atoms with Crippen LogP contribution in [-0.2, 0) is 10.2 Å². The molecule has 2 heterocycles. The van der Waals surface area contributed by atoms with Gasteiger partial charge in [-0.1, -0.05) is 13.8 Å². The predicted molar refractivity (Wildman–Crippen MR) is 119 cm³/mol. The summed E-state index contributed by atoms with van der Waals surface area (Å²) in [6, 6.07) is 12.8. The van der Waals surface area contributed by atoms with Gasteiger partial charge in [-0.2, -0.15) is 10.4 Å². The Morgan fingerprint density at radius 2 is 2.03 bits per heavy atom. The van der Waals surface area contributed by atoms with Gasteiger partial charge in [0.1, 0.15) is 5.82 Å². The highest BCUT2D eigenvalue weighted by Crippen LogP contribution is 2.50. The molecule has 0 atom stereocenters. The number of aromatic nitrogens is 3. The summed E-state index contributed by atoms with van der Waals surface area (Å²) in [4.78, 5) is 11.5. The minimum atomic E-state index is -0.766. The molecule has 0 unspecified atom stereocenters. The van der Waals surface area contributed by atoms with Gasteiger partial charge in [-0.25, -0.2) is 4.39 Å². The molecule has 0 radical (unpaired) electrons. The van der Waals surface area contributed by atoms with Crippen LogP contribution in [0.3, 0.4) is 0 Å². The summed E-state index contributed by atoms with van der Waals surface area (Å²) in [6.45, 7) is 4.07. The van der Waals surface area contributed by atoms with Crippen molar-refractivity contribution in [3.8, 4) is 11.8 Å². The molecule has 0 spiro atoms. The number of aromatic amines is 1. The summed E-state index contributed by atoms with van der Waals surface area (Å²) < 4.78 is 15.8. The molecule has 0 saturated heterocycles. The van der Waals surface area contributed by atoms with E-state index in [1.54, 1.807) is 18.3 Å². The van der Waals surface area contributed by atoms with E-state index in [4.69, 9.17) is 0 Å². The number of carboxylic acids is 1. The van der Waals surface area contributed by atoms with Gasteiger partial charge in [-0.05, 0) is 60.7 Å². The largest absolute Gasteiger partial charge is 0.481 e. The van der Waals surface area contributed by atoms with Crippen LogP contribution < -0.4 is 0 Å². The molecule has 1 saturated carbocycles. The summed E-state index contributed by atoms with van der Waals surface area (Å²) in [6.07, 6.45) is 3.19. The van der Waals surface area contributed by atoms with Gasteiger partial charge in [0.15, 0.2) is 0 Å². The van der Waals surface area contributed by atoms with E-state index in [1.807, 2.05) is 13.8 Å². The van der Waals surface area contributed by atoms with E-state index in [-0.39, 0.29) is 17.7 Å². The molecule has 0 aliphatic heterocycles. The van der Waals surface area contributed by atoms with E-state index in [2.05, 4.69) is 33.0 Å². The molecule has 2 N–H and O–H groups in total. The molecular formula is C25H23FN4O2. The van der Waals surface area contributed by atoms with Crippen molar-refractivity contribution >= 4 is 27.8 Å². The fourth-order valence-electron chi connectivity index (χ4n) is 5.02. The maximum absolute atomic E-state index is 13.7. The number of rotatable bonds is 5. The van der Waals surface area contributed by atoms with Crippen molar-refractivity contribution in [2.75, 3.05) is 0 Å². The SMILES string of the molecule is CC(C)(CC#N)c1c(C2CC(C(=O)O)C2)c2cc3[nH]ncc3cc2n1-c1ccc(F)cc1. The minimum Gasteiger partial charge on any atom is -0.481 e. The van der Waals surface area contributed by atoms with Crippen molar-refractivity contribution in [2.45, 2.75) is 44.4 Å². The number of benzene rings is 2. The molecule has 1 aliphatic carbocycles. The van der Waals surface area contributed by atoms with Crippen LogP contribution in [-0.4, -0.2) is 25.8 Å². The molecule has 4 aromatic rings. The maximum atomic E-state index is 13.7. The minimum absolute atomic E-state index is 0.0774. The number of aliphatic carboxylic acids is 1. The Labute approximate surface area is 184 Å². The number of nitrogens with one attached hydrogen (secondary N) is 1. The smallest absolute Gasteiger partial charge is 0.306 e. The summed E-state index contributed by atoms with van der Waals surface area (Å²) in [5.74, 6) is -1.36. The van der Waals surface area contributed by atoms with Gasteiger partial charge in [0.2, 0.25) is 0 Å². The Morgan fingerprint density at radius 3 is 2.69 bits per heavy atom. The highest BCUT2D eigenvalue weighted by molar-refractivity contribution is 5.99. The lowest BCUT2D eigenvalue weighted by Gasteiger charge is -2.36. The number of hydrogen-bond donors (Lipinski definition) is 2. The average Bonchev–Trinajstić information content (AvgIpc) is 3.28. The molecule has 0 bridgehead atoms. The van der Waals surface area contributed by atoms with Crippen molar-refractivity contribution < 1.29 is 14.3 Å². The van der Waals surface area contributed by atoms with E-state index in [9.17, 15) is 19.6 Å². The van der Waals surface area contributed by atoms with E-state index < -0.39 is 11.4 Å². The second-order valence-corrected chi connectivity index (χ2v) is 9.32. The van der Waals surface area contributed by atoms with Crippen molar-refractivity contribution in [3.63, 3.8) is 0 Å². The van der Waals surface area contributed by atoms with E-state index in [1.165, 1.54) is 12.1 Å². The number of halogens is 1. The van der Waals surface area contributed by atoms with Crippen LogP contribution in [0, 0.1) is 23.1 Å². The molecule has 6 nitrogen and oxygen atoms in total. The third kappa shape index (κ3) is 3.06. The average molecular weight is 430 g/mol. The quantitative estimate of drug-likeness (QED) is 0.442. The van der Waals surface area contributed by atoms with Crippen molar-refractivity contribution in [1.29, 1.82) is 5.26 Å². The summed E-state index contributed by atoms with van der Waals surface area (Å²) in [7, 11) is 0. The number of fused-ring (bicyclic) bond motifs is 2. The third-order valence-corrected chi connectivity index (χ3v) is 6.71. The summed E-state index contributed by atoms with van der Waals surface area (Å²) in [5.41, 5.74) is 4.21. The van der Waals surface area contributed by atoms with Gasteiger partial charge in [0, 0.05) is 34.0 Å². The van der Waals surface area contributed by atoms with Gasteiger partial charge in [0.05, 0.1) is 29.2 Å². The third-order valence-electron chi connectivity index (χ3n) is 6.71. The first kappa shape index (κ1) is 20.3. The Kier molecular flexibility index (Phi) is 4.55. The molecule has 5 rings (SSSR count). The molecule has 2 aromatic heterocycles. The van der Waals surface area contributed by atoms with Gasteiger partial charge in [0.25, 0.3) is 0 Å². The Bertz CT molecular complexity index is 1390. The van der Waals surface area contributed by atoms with E-state index >= 15 is 0 Å². The Morgan fingerprint density at radius 1 is 1.31 bits per heavy atom. The maximum Gasteiger partial charge on any atom is 0.306 e. The van der Waals surface area contributed by atoms with Crippen LogP contribution >= 0.6 is 0 Å². The van der Waals surface area contributed by atoms with Crippen LogP contribution in [0.2, 0.25) is 0 Å². The first-order valence-electron chi connectivity index (χ1n) is 10.7. The molecule has 1 fully saturated rings. The van der Waals surface area contributed by atoms with Crippen LogP contribution in [0.5, 0.6) is 0 Å². The number of H-pyrrole nitrogens is 1.